The molecule has 0 aliphatic carbocycles. The van der Waals surface area contributed by atoms with E-state index in [0.717, 1.165) is 43.8 Å². The fourth-order valence-electron chi connectivity index (χ4n) is 4.51. The van der Waals surface area contributed by atoms with Gasteiger partial charge in [0.25, 0.3) is 0 Å². The molecule has 4 rings (SSSR count). The zero-order valence-corrected chi connectivity index (χ0v) is 21.1. The van der Waals surface area contributed by atoms with Crippen molar-refractivity contribution in [3.8, 4) is 0 Å². The number of nitrogens with zero attached hydrogens (tertiary/aromatic N) is 3. The van der Waals surface area contributed by atoms with E-state index in [0.29, 0.717) is 11.4 Å². The first-order chi connectivity index (χ1) is 15.5. The first kappa shape index (κ1) is 23.8. The van der Waals surface area contributed by atoms with Crippen molar-refractivity contribution in [3.05, 3.63) is 53.3 Å². The molecule has 0 radical (unpaired) electrons. The van der Waals surface area contributed by atoms with Gasteiger partial charge in [-0.15, -0.1) is 0 Å². The number of imidazole rings is 1. The molecule has 2 heterocycles. The van der Waals surface area contributed by atoms with Gasteiger partial charge < -0.3 is 9.47 Å². The lowest BCUT2D eigenvalue weighted by atomic mass is 9.93. The van der Waals surface area contributed by atoms with Crippen molar-refractivity contribution < 1.29 is 13.2 Å². The maximum atomic E-state index is 13.2. The Morgan fingerprint density at radius 1 is 1.12 bits per heavy atom. The van der Waals surface area contributed by atoms with Crippen molar-refractivity contribution in [2.75, 3.05) is 13.1 Å². The smallest absolute Gasteiger partial charge is 0.219 e. The van der Waals surface area contributed by atoms with Gasteiger partial charge in [0, 0.05) is 32.0 Å². The lowest BCUT2D eigenvalue weighted by Gasteiger charge is -2.32. The maximum Gasteiger partial charge on any atom is 0.219 e. The quantitative estimate of drug-likeness (QED) is 0.514. The van der Waals surface area contributed by atoms with E-state index in [9.17, 15) is 13.2 Å². The minimum atomic E-state index is -3.76. The van der Waals surface area contributed by atoms with Gasteiger partial charge in [-0.1, -0.05) is 44.5 Å². The number of benzene rings is 2. The van der Waals surface area contributed by atoms with Crippen LogP contribution in [0.25, 0.3) is 11.0 Å². The summed E-state index contributed by atoms with van der Waals surface area (Å²) in [5.74, 6) is 1.49. The number of hydrogen-bond acceptors (Lipinski definition) is 4. The van der Waals surface area contributed by atoms with Gasteiger partial charge in [-0.05, 0) is 49.1 Å². The van der Waals surface area contributed by atoms with E-state index in [1.807, 2.05) is 11.0 Å². The fourth-order valence-corrected chi connectivity index (χ4v) is 6.30. The summed E-state index contributed by atoms with van der Waals surface area (Å²) in [6.45, 7) is 10.3. The Hall–Kier alpha value is -2.38. The van der Waals surface area contributed by atoms with Crippen LogP contribution in [0, 0.1) is 5.92 Å². The van der Waals surface area contributed by atoms with E-state index in [2.05, 4.69) is 25.3 Å². The Labute approximate surface area is 200 Å². The maximum absolute atomic E-state index is 13.2. The number of carbonyl (C=O) groups is 1. The van der Waals surface area contributed by atoms with Crippen LogP contribution in [0.15, 0.2) is 52.3 Å². The second kappa shape index (κ2) is 8.76. The number of sulfone groups is 1. The molecular weight excluding hydrogens is 458 g/mol. The van der Waals surface area contributed by atoms with Crippen LogP contribution < -0.4 is 0 Å². The van der Waals surface area contributed by atoms with E-state index in [4.69, 9.17) is 16.6 Å². The number of halogens is 1. The Kier molecular flexibility index (Phi) is 6.31. The summed E-state index contributed by atoms with van der Waals surface area (Å²) in [5.41, 5.74) is 1.38. The van der Waals surface area contributed by atoms with Gasteiger partial charge in [0.2, 0.25) is 15.7 Å². The molecule has 1 aromatic heterocycles. The first-order valence-electron chi connectivity index (χ1n) is 11.2. The highest BCUT2D eigenvalue weighted by Crippen LogP contribution is 2.33. The predicted octanol–water partition coefficient (Wildman–Crippen LogP) is 5.08. The van der Waals surface area contributed by atoms with Crippen LogP contribution in [0.3, 0.4) is 0 Å². The average Bonchev–Trinajstić information content (AvgIpc) is 3.12. The molecular formula is C25H30ClN3O3S. The van der Waals surface area contributed by atoms with Crippen LogP contribution >= 0.6 is 11.6 Å². The number of fused-ring (bicyclic) bond motifs is 1. The largest absolute Gasteiger partial charge is 0.343 e. The molecule has 0 atom stereocenters. The molecule has 0 unspecified atom stereocenters. The molecule has 0 bridgehead atoms. The van der Waals surface area contributed by atoms with Crippen LogP contribution in [-0.2, 0) is 26.6 Å². The van der Waals surface area contributed by atoms with E-state index in [1.165, 1.54) is 6.07 Å². The zero-order chi connectivity index (χ0) is 24.0. The second-order valence-electron chi connectivity index (χ2n) is 9.83. The van der Waals surface area contributed by atoms with Crippen LogP contribution in [-0.4, -0.2) is 41.9 Å². The third-order valence-electron chi connectivity index (χ3n) is 6.33. The van der Waals surface area contributed by atoms with Gasteiger partial charge in [-0.3, -0.25) is 4.79 Å². The van der Waals surface area contributed by atoms with Gasteiger partial charge in [-0.25, -0.2) is 13.4 Å². The number of hydrogen-bond donors (Lipinski definition) is 0. The Bertz CT molecular complexity index is 1300. The second-order valence-corrected chi connectivity index (χ2v) is 12.2. The molecule has 0 spiro atoms. The normalized spacial score (nSPS) is 15.8. The first-order valence-corrected chi connectivity index (χ1v) is 13.1. The summed E-state index contributed by atoms with van der Waals surface area (Å²) < 4.78 is 28.7. The molecule has 33 heavy (non-hydrogen) atoms. The van der Waals surface area contributed by atoms with Gasteiger partial charge >= 0.3 is 0 Å². The van der Waals surface area contributed by atoms with E-state index >= 15 is 0 Å². The molecule has 1 aliphatic rings. The SMILES string of the molecule is CC(=O)N1CCC(Cn2c(C(C)(C)C)nc3cc(S(=O)(=O)c4ccccc4Cl)ccc32)CC1. The molecule has 6 nitrogen and oxygen atoms in total. The summed E-state index contributed by atoms with van der Waals surface area (Å²) >= 11 is 6.18. The molecule has 0 saturated carbocycles. The highest BCUT2D eigenvalue weighted by Gasteiger charge is 2.28. The average molecular weight is 488 g/mol. The lowest BCUT2D eigenvalue weighted by molar-refractivity contribution is -0.130. The predicted molar refractivity (Wildman–Crippen MR) is 130 cm³/mol. The zero-order valence-electron chi connectivity index (χ0n) is 19.5. The molecule has 0 N–H and O–H groups in total. The van der Waals surface area contributed by atoms with Crippen molar-refractivity contribution in [2.45, 2.75) is 62.3 Å². The molecule has 2 aromatic carbocycles. The number of rotatable bonds is 4. The summed E-state index contributed by atoms with van der Waals surface area (Å²) in [4.78, 5) is 18.7. The summed E-state index contributed by atoms with van der Waals surface area (Å²) in [7, 11) is -3.76. The molecule has 1 fully saturated rings. The molecule has 1 aliphatic heterocycles. The van der Waals surface area contributed by atoms with Crippen molar-refractivity contribution in [1.82, 2.24) is 14.5 Å². The van der Waals surface area contributed by atoms with Crippen molar-refractivity contribution in [3.63, 3.8) is 0 Å². The molecule has 3 aromatic rings. The Morgan fingerprint density at radius 2 is 1.79 bits per heavy atom. The number of aromatic nitrogens is 2. The van der Waals surface area contributed by atoms with Gasteiger partial charge in [0.15, 0.2) is 0 Å². The van der Waals surface area contributed by atoms with Crippen molar-refractivity contribution in [2.24, 2.45) is 5.92 Å². The Balaban J connectivity index is 1.72. The molecule has 176 valence electrons. The standard InChI is InChI=1S/C25H30ClN3O3S/c1-17(30)28-13-11-18(12-14-28)16-29-22-10-9-19(15-21(22)27-24(29)25(2,3)4)33(31,32)23-8-6-5-7-20(23)26/h5-10,15,18H,11-14,16H2,1-4H3. The lowest BCUT2D eigenvalue weighted by Crippen LogP contribution is -2.38. The molecule has 1 amide bonds. The molecule has 8 heteroatoms. The number of carbonyl (C=O) groups excluding carboxylic acids is 1. The summed E-state index contributed by atoms with van der Waals surface area (Å²) in [6, 6.07) is 11.6. The van der Waals surface area contributed by atoms with Crippen LogP contribution in [0.5, 0.6) is 0 Å². The third-order valence-corrected chi connectivity index (χ3v) is 8.58. The van der Waals surface area contributed by atoms with Gasteiger partial charge in [-0.2, -0.15) is 0 Å². The number of piperidine rings is 1. The highest BCUT2D eigenvalue weighted by atomic mass is 35.5. The van der Waals surface area contributed by atoms with E-state index in [-0.39, 0.29) is 26.1 Å². The number of likely N-dealkylation sites (tertiary alicyclic amines) is 1. The summed E-state index contributed by atoms with van der Waals surface area (Å²) in [5, 5.41) is 0.204. The van der Waals surface area contributed by atoms with Crippen molar-refractivity contribution >= 4 is 38.4 Å². The molecule has 1 saturated heterocycles. The van der Waals surface area contributed by atoms with E-state index in [1.54, 1.807) is 37.3 Å². The van der Waals surface area contributed by atoms with Gasteiger partial charge in [0.05, 0.1) is 25.8 Å². The highest BCUT2D eigenvalue weighted by molar-refractivity contribution is 7.91. The minimum absolute atomic E-state index is 0.0960. The van der Waals surface area contributed by atoms with Crippen LogP contribution in [0.2, 0.25) is 5.02 Å². The monoisotopic (exact) mass is 487 g/mol. The van der Waals surface area contributed by atoms with Crippen molar-refractivity contribution in [1.29, 1.82) is 0 Å². The Morgan fingerprint density at radius 3 is 2.39 bits per heavy atom. The topological polar surface area (TPSA) is 72.3 Å². The van der Waals surface area contributed by atoms with Gasteiger partial charge in [0.1, 0.15) is 5.82 Å². The fraction of sp³-hybridized carbons (Fsp3) is 0.440. The van der Waals surface area contributed by atoms with Crippen LogP contribution in [0.1, 0.15) is 46.4 Å². The third kappa shape index (κ3) is 4.66. The number of amides is 1. The van der Waals surface area contributed by atoms with E-state index < -0.39 is 9.84 Å². The van der Waals surface area contributed by atoms with Crippen LogP contribution in [0.4, 0.5) is 0 Å². The summed E-state index contributed by atoms with van der Waals surface area (Å²) in [6.07, 6.45) is 1.89. The minimum Gasteiger partial charge on any atom is -0.343 e.